The van der Waals surface area contributed by atoms with Crippen LogP contribution in [0.15, 0.2) is 24.3 Å². The van der Waals surface area contributed by atoms with Crippen LogP contribution < -0.4 is 4.74 Å². The third-order valence-electron chi connectivity index (χ3n) is 2.72. The van der Waals surface area contributed by atoms with Crippen molar-refractivity contribution in [3.05, 3.63) is 35.7 Å². The Morgan fingerprint density at radius 2 is 2.12 bits per heavy atom. The molecule has 0 amide bonds. The molecule has 0 unspecified atom stereocenters. The number of allylic oxidation sites excluding steroid dienone is 2. The molecule has 0 fully saturated rings. The second-order valence-corrected chi connectivity index (χ2v) is 3.81. The molecule has 84 valence electrons. The number of carbonyl (C=O) groups excluding carboxylic acids is 1. The van der Waals surface area contributed by atoms with Crippen LogP contribution in [0.2, 0.25) is 0 Å². The Kier molecular flexibility index (Phi) is 3.04. The molecule has 1 aliphatic carbocycles. The zero-order valence-electron chi connectivity index (χ0n) is 9.13. The Bertz CT molecular complexity index is 449. The number of benzene rings is 1. The van der Waals surface area contributed by atoms with E-state index in [0.717, 1.165) is 18.4 Å². The first-order valence-corrected chi connectivity index (χ1v) is 5.28. The van der Waals surface area contributed by atoms with Crippen LogP contribution in [0, 0.1) is 5.82 Å². The van der Waals surface area contributed by atoms with E-state index < -0.39 is 0 Å². The smallest absolute Gasteiger partial charge is 0.155 e. The van der Waals surface area contributed by atoms with Crippen LogP contribution in [0.4, 0.5) is 4.39 Å². The summed E-state index contributed by atoms with van der Waals surface area (Å²) in [5.41, 5.74) is 1.17. The first-order valence-electron chi connectivity index (χ1n) is 5.28. The topological polar surface area (TPSA) is 26.3 Å². The summed E-state index contributed by atoms with van der Waals surface area (Å²) in [4.78, 5) is 11.3. The van der Waals surface area contributed by atoms with E-state index >= 15 is 0 Å². The van der Waals surface area contributed by atoms with Gasteiger partial charge in [0.2, 0.25) is 0 Å². The fourth-order valence-corrected chi connectivity index (χ4v) is 1.97. The van der Waals surface area contributed by atoms with E-state index in [0.29, 0.717) is 17.7 Å². The molecule has 16 heavy (non-hydrogen) atoms. The second kappa shape index (κ2) is 4.47. The summed E-state index contributed by atoms with van der Waals surface area (Å²) in [6.45, 7) is 0. The molecule has 0 atom stereocenters. The third kappa shape index (κ3) is 1.98. The van der Waals surface area contributed by atoms with Crippen LogP contribution in [0.1, 0.15) is 24.8 Å². The molecule has 0 radical (unpaired) electrons. The van der Waals surface area contributed by atoms with Crippen LogP contribution in [-0.2, 0) is 4.79 Å². The van der Waals surface area contributed by atoms with Gasteiger partial charge in [-0.25, -0.2) is 4.39 Å². The van der Waals surface area contributed by atoms with Crippen molar-refractivity contribution < 1.29 is 13.9 Å². The van der Waals surface area contributed by atoms with Gasteiger partial charge in [0.1, 0.15) is 11.6 Å². The number of hydrogen-bond donors (Lipinski definition) is 0. The normalized spacial score (nSPS) is 15.9. The van der Waals surface area contributed by atoms with E-state index in [2.05, 4.69) is 0 Å². The highest BCUT2D eigenvalue weighted by atomic mass is 19.1. The molecule has 2 nitrogen and oxygen atoms in total. The number of ether oxygens (including phenoxy) is 1. The zero-order valence-corrected chi connectivity index (χ0v) is 9.13. The highest BCUT2D eigenvalue weighted by Gasteiger charge is 2.18. The average Bonchev–Trinajstić information content (AvgIpc) is 2.28. The Labute approximate surface area is 93.7 Å². The van der Waals surface area contributed by atoms with Gasteiger partial charge in [0.25, 0.3) is 0 Å². The predicted octanol–water partition coefficient (Wildman–Crippen LogP) is 2.97. The van der Waals surface area contributed by atoms with Crippen molar-refractivity contribution in [1.82, 2.24) is 0 Å². The minimum Gasteiger partial charge on any atom is -0.496 e. The second-order valence-electron chi connectivity index (χ2n) is 3.81. The molecule has 1 aliphatic rings. The van der Waals surface area contributed by atoms with Crippen molar-refractivity contribution in [1.29, 1.82) is 0 Å². The molecule has 0 saturated heterocycles. The zero-order chi connectivity index (χ0) is 11.5. The lowest BCUT2D eigenvalue weighted by molar-refractivity contribution is -0.114. The van der Waals surface area contributed by atoms with Gasteiger partial charge in [-0.1, -0.05) is 6.07 Å². The summed E-state index contributed by atoms with van der Waals surface area (Å²) < 4.78 is 18.8. The van der Waals surface area contributed by atoms with Crippen molar-refractivity contribution >= 4 is 11.4 Å². The molecule has 0 spiro atoms. The van der Waals surface area contributed by atoms with E-state index in [4.69, 9.17) is 4.74 Å². The number of methoxy groups -OCH3 is 1. The summed E-state index contributed by atoms with van der Waals surface area (Å²) in [7, 11) is 1.50. The summed E-state index contributed by atoms with van der Waals surface area (Å²) in [5.74, 6) is 0.216. The molecule has 2 rings (SSSR count). The van der Waals surface area contributed by atoms with Gasteiger partial charge in [-0.3, -0.25) is 4.79 Å². The first-order chi connectivity index (χ1) is 7.72. The average molecular weight is 220 g/mol. The molecule has 0 aliphatic heterocycles. The fourth-order valence-electron chi connectivity index (χ4n) is 1.97. The lowest BCUT2D eigenvalue weighted by atomic mass is 9.92. The monoisotopic (exact) mass is 220 g/mol. The van der Waals surface area contributed by atoms with Crippen molar-refractivity contribution in [2.24, 2.45) is 0 Å². The molecular weight excluding hydrogens is 207 g/mol. The molecular formula is C13H13FO2. The maximum Gasteiger partial charge on any atom is 0.155 e. The molecule has 1 aromatic rings. The van der Waals surface area contributed by atoms with Crippen molar-refractivity contribution in [3.8, 4) is 5.75 Å². The van der Waals surface area contributed by atoms with Gasteiger partial charge in [-0.2, -0.15) is 0 Å². The number of ketones is 1. The van der Waals surface area contributed by atoms with Crippen LogP contribution >= 0.6 is 0 Å². The van der Waals surface area contributed by atoms with E-state index in [1.54, 1.807) is 12.1 Å². The van der Waals surface area contributed by atoms with E-state index in [-0.39, 0.29) is 11.6 Å². The standard InChI is InChI=1S/C13H13FO2/c1-16-12-7-3-6-11(14)13(12)9-4-2-5-10(15)8-9/h3,6-8H,2,4-5H2,1H3. The maximum atomic E-state index is 13.7. The van der Waals surface area contributed by atoms with Crippen molar-refractivity contribution in [3.63, 3.8) is 0 Å². The first kappa shape index (κ1) is 10.9. The summed E-state index contributed by atoms with van der Waals surface area (Å²) >= 11 is 0. The van der Waals surface area contributed by atoms with E-state index in [1.807, 2.05) is 0 Å². The van der Waals surface area contributed by atoms with Gasteiger partial charge in [-0.15, -0.1) is 0 Å². The SMILES string of the molecule is COc1cccc(F)c1C1=CC(=O)CCC1. The molecule has 3 heteroatoms. The summed E-state index contributed by atoms with van der Waals surface area (Å²) in [5, 5.41) is 0. The van der Waals surface area contributed by atoms with Crippen LogP contribution in [-0.4, -0.2) is 12.9 Å². The lowest BCUT2D eigenvalue weighted by Gasteiger charge is -2.15. The van der Waals surface area contributed by atoms with Gasteiger partial charge in [-0.05, 0) is 36.6 Å². The highest BCUT2D eigenvalue weighted by Crippen LogP contribution is 2.33. The summed E-state index contributed by atoms with van der Waals surface area (Å²) in [6, 6.07) is 4.69. The Morgan fingerprint density at radius 1 is 1.31 bits per heavy atom. The van der Waals surface area contributed by atoms with Crippen LogP contribution in [0.25, 0.3) is 5.57 Å². The molecule has 0 N–H and O–H groups in total. The summed E-state index contributed by atoms with van der Waals surface area (Å²) in [6.07, 6.45) is 3.59. The minimum absolute atomic E-state index is 0.0616. The largest absolute Gasteiger partial charge is 0.496 e. The van der Waals surface area contributed by atoms with Gasteiger partial charge >= 0.3 is 0 Å². The van der Waals surface area contributed by atoms with E-state index in [1.165, 1.54) is 19.3 Å². The lowest BCUT2D eigenvalue weighted by Crippen LogP contribution is -2.04. The fraction of sp³-hybridized carbons (Fsp3) is 0.308. The van der Waals surface area contributed by atoms with Crippen LogP contribution in [0.3, 0.4) is 0 Å². The third-order valence-corrected chi connectivity index (χ3v) is 2.72. The molecule has 0 heterocycles. The Hall–Kier alpha value is -1.64. The Morgan fingerprint density at radius 3 is 2.81 bits per heavy atom. The number of carbonyl (C=O) groups is 1. The van der Waals surface area contributed by atoms with Crippen LogP contribution in [0.5, 0.6) is 5.75 Å². The molecule has 0 aromatic heterocycles. The number of hydrogen-bond acceptors (Lipinski definition) is 2. The quantitative estimate of drug-likeness (QED) is 0.765. The van der Waals surface area contributed by atoms with E-state index in [9.17, 15) is 9.18 Å². The van der Waals surface area contributed by atoms with Gasteiger partial charge < -0.3 is 4.74 Å². The Balaban J connectivity index is 2.50. The van der Waals surface area contributed by atoms with Gasteiger partial charge in [0.15, 0.2) is 5.78 Å². The van der Waals surface area contributed by atoms with Gasteiger partial charge in [0.05, 0.1) is 12.7 Å². The van der Waals surface area contributed by atoms with Gasteiger partial charge in [0, 0.05) is 6.42 Å². The minimum atomic E-state index is -0.333. The van der Waals surface area contributed by atoms with Crippen molar-refractivity contribution in [2.75, 3.05) is 7.11 Å². The highest BCUT2D eigenvalue weighted by molar-refractivity contribution is 5.99. The number of halogens is 1. The molecule has 1 aromatic carbocycles. The maximum absolute atomic E-state index is 13.7. The number of rotatable bonds is 2. The molecule has 0 saturated carbocycles. The molecule has 0 bridgehead atoms. The van der Waals surface area contributed by atoms with Crippen molar-refractivity contribution in [2.45, 2.75) is 19.3 Å². The predicted molar refractivity (Wildman–Crippen MR) is 59.8 cm³/mol.